The molecule has 24 heavy (non-hydrogen) atoms. The number of nitrogens with two attached hydrogens (primary N) is 1. The van der Waals surface area contributed by atoms with Crippen molar-refractivity contribution in [2.75, 3.05) is 0 Å². The Morgan fingerprint density at radius 2 is 2.04 bits per heavy atom. The summed E-state index contributed by atoms with van der Waals surface area (Å²) in [6, 6.07) is 0. The summed E-state index contributed by atoms with van der Waals surface area (Å²) in [7, 11) is -3.84. The zero-order chi connectivity index (χ0) is 17.1. The second-order valence-corrected chi connectivity index (χ2v) is 9.32. The molecule has 0 spiro atoms. The molecule has 3 N–H and O–H groups in total. The smallest absolute Gasteiger partial charge is 0.219 e. The number of fused-ring (bicyclic) bond motifs is 3. The fourth-order valence-corrected chi connectivity index (χ4v) is 6.32. The fourth-order valence-electron chi connectivity index (χ4n) is 4.85. The fraction of sp³-hybridized carbons (Fsp3) is 0.588. The molecule has 1 aromatic heterocycles. The maximum atomic E-state index is 12.8. The van der Waals surface area contributed by atoms with Crippen molar-refractivity contribution in [2.45, 2.75) is 55.5 Å². The summed E-state index contributed by atoms with van der Waals surface area (Å²) < 4.78 is 30.8. The number of rotatable bonds is 3. The van der Waals surface area contributed by atoms with Crippen LogP contribution >= 0.6 is 0 Å². The molecule has 2 unspecified atom stereocenters. The number of nitrogens with one attached hydrogen (secondary N) is 1. The van der Waals surface area contributed by atoms with Gasteiger partial charge in [-0.15, -0.1) is 0 Å². The van der Waals surface area contributed by atoms with Crippen LogP contribution in [0.4, 0.5) is 0 Å². The van der Waals surface area contributed by atoms with Gasteiger partial charge in [0, 0.05) is 17.8 Å². The Kier molecular flexibility index (Phi) is 3.37. The lowest BCUT2D eigenvalue weighted by molar-refractivity contribution is -0.239. The third-order valence-electron chi connectivity index (χ3n) is 6.26. The Morgan fingerprint density at radius 1 is 1.29 bits per heavy atom. The number of nitrogens with zero attached hydrogens (tertiary/aromatic N) is 1. The first-order chi connectivity index (χ1) is 11.3. The van der Waals surface area contributed by atoms with Crippen molar-refractivity contribution in [3.8, 4) is 0 Å². The van der Waals surface area contributed by atoms with Gasteiger partial charge in [-0.25, -0.2) is 18.5 Å². The molecular weight excluding hydrogens is 326 g/mol. The SMILES string of the molecule is CC12CCC(C3(S(N)(=O)=O)C=CC=CC3)(CC1)C(c1ncc[nH]1)O2. The Labute approximate surface area is 142 Å². The number of primary sulfonamides is 1. The zero-order valence-corrected chi connectivity index (χ0v) is 14.6. The van der Waals surface area contributed by atoms with Crippen LogP contribution in [-0.2, 0) is 14.8 Å². The summed E-state index contributed by atoms with van der Waals surface area (Å²) in [6.45, 7) is 2.10. The molecular formula is C17H23N3O3S. The van der Waals surface area contributed by atoms with Crippen molar-refractivity contribution in [3.63, 3.8) is 0 Å². The summed E-state index contributed by atoms with van der Waals surface area (Å²) in [5, 5.41) is 5.80. The Hall–Kier alpha value is -1.44. The van der Waals surface area contributed by atoms with E-state index in [0.29, 0.717) is 12.2 Å². The summed E-state index contributed by atoms with van der Waals surface area (Å²) in [4.78, 5) is 7.51. The largest absolute Gasteiger partial charge is 0.363 e. The maximum absolute atomic E-state index is 12.8. The first-order valence-corrected chi connectivity index (χ1v) is 9.91. The number of hydrogen-bond acceptors (Lipinski definition) is 4. The molecule has 2 saturated heterocycles. The van der Waals surface area contributed by atoms with Crippen LogP contribution in [0, 0.1) is 5.41 Å². The van der Waals surface area contributed by atoms with E-state index in [9.17, 15) is 8.42 Å². The molecule has 2 atom stereocenters. The highest BCUT2D eigenvalue weighted by Crippen LogP contribution is 2.65. The molecule has 6 nitrogen and oxygen atoms in total. The molecule has 0 radical (unpaired) electrons. The standard InChI is InChI=1S/C17H23N3O3S/c1-15-7-9-16(10-8-15,13(23-15)14-19-11-12-20-14)17(24(18,21)22)5-3-2-4-6-17/h2-5,11-13H,6-10H2,1H3,(H,19,20)(H2,18,21,22). The van der Waals surface area contributed by atoms with Gasteiger partial charge < -0.3 is 9.72 Å². The molecule has 1 aromatic rings. The highest BCUT2D eigenvalue weighted by molar-refractivity contribution is 7.90. The van der Waals surface area contributed by atoms with Gasteiger partial charge in [-0.1, -0.05) is 24.3 Å². The van der Waals surface area contributed by atoms with Gasteiger partial charge in [-0.2, -0.15) is 0 Å². The van der Waals surface area contributed by atoms with Crippen molar-refractivity contribution in [2.24, 2.45) is 10.6 Å². The number of H-pyrrole nitrogens is 1. The number of sulfonamides is 1. The van der Waals surface area contributed by atoms with Crippen LogP contribution < -0.4 is 5.14 Å². The first kappa shape index (κ1) is 16.1. The molecule has 3 fully saturated rings. The van der Waals surface area contributed by atoms with Gasteiger partial charge >= 0.3 is 0 Å². The van der Waals surface area contributed by atoms with Crippen LogP contribution in [0.5, 0.6) is 0 Å². The van der Waals surface area contributed by atoms with Crippen molar-refractivity contribution in [3.05, 3.63) is 42.5 Å². The topological polar surface area (TPSA) is 98.1 Å². The van der Waals surface area contributed by atoms with Crippen LogP contribution in [0.25, 0.3) is 0 Å². The van der Waals surface area contributed by atoms with Gasteiger partial charge in [0.2, 0.25) is 10.0 Å². The van der Waals surface area contributed by atoms with Crippen LogP contribution in [0.1, 0.15) is 51.0 Å². The number of aromatic nitrogens is 2. The Morgan fingerprint density at radius 3 is 2.58 bits per heavy atom. The zero-order valence-electron chi connectivity index (χ0n) is 13.7. The number of imidazole rings is 1. The van der Waals surface area contributed by atoms with Gasteiger partial charge in [0.25, 0.3) is 0 Å². The quantitative estimate of drug-likeness (QED) is 0.875. The minimum Gasteiger partial charge on any atom is -0.363 e. The Balaban J connectivity index is 1.92. The van der Waals surface area contributed by atoms with Crippen molar-refractivity contribution >= 4 is 10.0 Å². The van der Waals surface area contributed by atoms with E-state index in [0.717, 1.165) is 25.7 Å². The number of hydrogen-bond donors (Lipinski definition) is 2. The van der Waals surface area contributed by atoms with E-state index < -0.39 is 26.3 Å². The first-order valence-electron chi connectivity index (χ1n) is 8.36. The molecule has 130 valence electrons. The van der Waals surface area contributed by atoms with Crippen LogP contribution in [-0.4, -0.2) is 28.7 Å². The Bertz CT molecular complexity index is 789. The lowest BCUT2D eigenvalue weighted by Crippen LogP contribution is -2.65. The molecule has 7 heteroatoms. The maximum Gasteiger partial charge on any atom is 0.219 e. The van der Waals surface area contributed by atoms with Gasteiger partial charge in [-0.3, -0.25) is 0 Å². The van der Waals surface area contributed by atoms with E-state index in [4.69, 9.17) is 9.88 Å². The molecule has 5 rings (SSSR count). The van der Waals surface area contributed by atoms with Crippen molar-refractivity contribution < 1.29 is 13.2 Å². The summed E-state index contributed by atoms with van der Waals surface area (Å²) in [5.41, 5.74) is -0.843. The van der Waals surface area contributed by atoms with Gasteiger partial charge in [0.05, 0.1) is 5.60 Å². The molecule has 3 heterocycles. The number of aromatic amines is 1. The second kappa shape index (κ2) is 5.03. The third kappa shape index (κ3) is 2.01. The van der Waals surface area contributed by atoms with E-state index in [-0.39, 0.29) is 5.60 Å². The molecule has 0 aromatic carbocycles. The molecule has 1 saturated carbocycles. The van der Waals surface area contributed by atoms with Crippen molar-refractivity contribution in [1.82, 2.24) is 9.97 Å². The van der Waals surface area contributed by atoms with E-state index in [1.807, 2.05) is 12.2 Å². The summed E-state index contributed by atoms with van der Waals surface area (Å²) in [6.07, 6.45) is 13.9. The molecule has 2 aliphatic heterocycles. The normalized spacial score (nSPS) is 41.7. The van der Waals surface area contributed by atoms with Crippen LogP contribution in [0.3, 0.4) is 0 Å². The molecule has 2 bridgehead atoms. The van der Waals surface area contributed by atoms with E-state index >= 15 is 0 Å². The van der Waals surface area contributed by atoms with Crippen LogP contribution in [0.15, 0.2) is 36.7 Å². The minimum absolute atomic E-state index is 0.229. The highest BCUT2D eigenvalue weighted by Gasteiger charge is 2.67. The number of allylic oxidation sites excluding steroid dienone is 3. The van der Waals surface area contributed by atoms with Gasteiger partial charge in [-0.05, 0) is 39.0 Å². The minimum atomic E-state index is -3.84. The van der Waals surface area contributed by atoms with E-state index in [2.05, 4.69) is 16.9 Å². The lowest BCUT2D eigenvalue weighted by Gasteiger charge is -2.61. The van der Waals surface area contributed by atoms with Crippen molar-refractivity contribution in [1.29, 1.82) is 0 Å². The summed E-state index contributed by atoms with van der Waals surface area (Å²) in [5.74, 6) is 0.687. The molecule has 0 amide bonds. The monoisotopic (exact) mass is 349 g/mol. The van der Waals surface area contributed by atoms with E-state index in [1.165, 1.54) is 0 Å². The highest BCUT2D eigenvalue weighted by atomic mass is 32.2. The summed E-state index contributed by atoms with van der Waals surface area (Å²) >= 11 is 0. The lowest BCUT2D eigenvalue weighted by atomic mass is 9.55. The predicted octanol–water partition coefficient (Wildman–Crippen LogP) is 2.34. The molecule has 4 aliphatic rings. The molecule has 2 aliphatic carbocycles. The average molecular weight is 349 g/mol. The van der Waals surface area contributed by atoms with Gasteiger partial charge in [0.1, 0.15) is 16.7 Å². The van der Waals surface area contributed by atoms with Gasteiger partial charge in [0.15, 0.2) is 0 Å². The second-order valence-electron chi connectivity index (χ2n) is 7.50. The number of ether oxygens (including phenoxy) is 1. The predicted molar refractivity (Wildman–Crippen MR) is 90.5 cm³/mol. The third-order valence-corrected chi connectivity index (χ3v) is 7.98. The average Bonchev–Trinajstić information content (AvgIpc) is 3.09. The van der Waals surface area contributed by atoms with E-state index in [1.54, 1.807) is 24.5 Å². The van der Waals surface area contributed by atoms with Crippen LogP contribution in [0.2, 0.25) is 0 Å².